The first-order valence-corrected chi connectivity index (χ1v) is 22.3. The topological polar surface area (TPSA) is 8.17 Å². The van der Waals surface area contributed by atoms with Gasteiger partial charge < -0.3 is 9.47 Å². The number of fused-ring (bicyclic) bond motifs is 6. The molecule has 0 aliphatic carbocycles. The molecule has 12 rings (SSSR count). The Kier molecular flexibility index (Phi) is 9.06. The maximum Gasteiger partial charge on any atom is 0.0562 e. The first-order valence-electron chi connectivity index (χ1n) is 21.5. The molecule has 2 heterocycles. The van der Waals surface area contributed by atoms with E-state index in [0.29, 0.717) is 0 Å². The van der Waals surface area contributed by atoms with Gasteiger partial charge in [-0.2, -0.15) is 0 Å². The van der Waals surface area contributed by atoms with Crippen LogP contribution in [0.1, 0.15) is 0 Å². The number of nitrogens with zero attached hydrogens (tertiary/aromatic N) is 2. The molecule has 3 heteroatoms. The lowest BCUT2D eigenvalue weighted by molar-refractivity contribution is 1.18. The number of hydrogen-bond donors (Lipinski definition) is 0. The first kappa shape index (κ1) is 36.8. The maximum atomic E-state index is 2.48. The highest BCUT2D eigenvalue weighted by molar-refractivity contribution is 7.25. The molecular weight excluding hydrogens is 781 g/mol. The summed E-state index contributed by atoms with van der Waals surface area (Å²) < 4.78 is 5.04. The van der Waals surface area contributed by atoms with Crippen LogP contribution in [0.5, 0.6) is 0 Å². The highest BCUT2D eigenvalue weighted by Gasteiger charge is 2.24. The van der Waals surface area contributed by atoms with Crippen LogP contribution in [-0.2, 0) is 0 Å². The summed E-state index contributed by atoms with van der Waals surface area (Å²) in [5.74, 6) is 0. The van der Waals surface area contributed by atoms with Crippen molar-refractivity contribution in [1.82, 2.24) is 4.57 Å². The van der Waals surface area contributed by atoms with Gasteiger partial charge >= 0.3 is 0 Å². The second-order valence-corrected chi connectivity index (χ2v) is 17.1. The van der Waals surface area contributed by atoms with Gasteiger partial charge in [-0.25, -0.2) is 0 Å². The Hall–Kier alpha value is -7.98. The number of benzene rings is 10. The minimum atomic E-state index is 1.08. The van der Waals surface area contributed by atoms with Crippen LogP contribution in [0, 0.1) is 0 Å². The van der Waals surface area contributed by atoms with E-state index in [9.17, 15) is 0 Å². The molecule has 63 heavy (non-hydrogen) atoms. The van der Waals surface area contributed by atoms with Crippen molar-refractivity contribution in [3.05, 3.63) is 243 Å². The van der Waals surface area contributed by atoms with Gasteiger partial charge in [-0.05, 0) is 106 Å². The summed E-state index contributed by atoms with van der Waals surface area (Å²) in [6, 6.07) is 88.5. The lowest BCUT2D eigenvalue weighted by Crippen LogP contribution is -2.12. The molecule has 2 nitrogen and oxygen atoms in total. The van der Waals surface area contributed by atoms with Gasteiger partial charge in [-0.1, -0.05) is 176 Å². The number of rotatable bonds is 8. The molecule has 0 amide bonds. The third-order valence-electron chi connectivity index (χ3n) is 12.4. The van der Waals surface area contributed by atoms with Crippen molar-refractivity contribution in [3.8, 4) is 50.2 Å². The van der Waals surface area contributed by atoms with E-state index in [-0.39, 0.29) is 0 Å². The zero-order valence-electron chi connectivity index (χ0n) is 34.4. The molecule has 296 valence electrons. The van der Waals surface area contributed by atoms with Gasteiger partial charge in [0.05, 0.1) is 22.4 Å². The summed E-state index contributed by atoms with van der Waals surface area (Å²) >= 11 is 1.86. The van der Waals surface area contributed by atoms with Crippen molar-refractivity contribution in [2.75, 3.05) is 4.90 Å². The lowest BCUT2D eigenvalue weighted by Gasteiger charge is -2.29. The van der Waals surface area contributed by atoms with E-state index in [2.05, 4.69) is 252 Å². The quantitative estimate of drug-likeness (QED) is 0.148. The minimum absolute atomic E-state index is 1.08. The van der Waals surface area contributed by atoms with Crippen molar-refractivity contribution in [2.24, 2.45) is 0 Å². The van der Waals surface area contributed by atoms with Crippen LogP contribution in [0.25, 0.3) is 92.2 Å². The smallest absolute Gasteiger partial charge is 0.0562 e. The van der Waals surface area contributed by atoms with Gasteiger partial charge in [0.15, 0.2) is 0 Å². The molecule has 0 saturated carbocycles. The monoisotopic (exact) mass is 820 g/mol. The first-order chi connectivity index (χ1) is 31.3. The average Bonchev–Trinajstić information content (AvgIpc) is 3.91. The highest BCUT2D eigenvalue weighted by Crippen LogP contribution is 2.49. The molecular formula is C60H40N2S. The molecule has 0 fully saturated rings. The molecule has 0 aliphatic rings. The minimum Gasteiger partial charge on any atom is -0.309 e. The lowest BCUT2D eigenvalue weighted by atomic mass is 9.88. The zero-order valence-corrected chi connectivity index (χ0v) is 35.2. The Morgan fingerprint density at radius 2 is 0.857 bits per heavy atom. The molecule has 0 radical (unpaired) electrons. The van der Waals surface area contributed by atoms with E-state index in [1.54, 1.807) is 0 Å². The fourth-order valence-corrected chi connectivity index (χ4v) is 10.7. The molecule has 12 aromatic rings. The van der Waals surface area contributed by atoms with Crippen LogP contribution in [0.2, 0.25) is 0 Å². The number of para-hydroxylation sites is 3. The molecule has 0 atom stereocenters. The van der Waals surface area contributed by atoms with Crippen molar-refractivity contribution in [1.29, 1.82) is 0 Å². The largest absolute Gasteiger partial charge is 0.309 e. The third-order valence-corrected chi connectivity index (χ3v) is 13.6. The van der Waals surface area contributed by atoms with Crippen LogP contribution in [0.15, 0.2) is 243 Å². The number of anilines is 3. The van der Waals surface area contributed by atoms with Crippen LogP contribution >= 0.6 is 11.3 Å². The maximum absolute atomic E-state index is 2.48. The summed E-state index contributed by atoms with van der Waals surface area (Å²) in [4.78, 5) is 2.48. The fourth-order valence-electron chi connectivity index (χ4n) is 9.60. The molecule has 0 N–H and O–H groups in total. The van der Waals surface area contributed by atoms with Crippen molar-refractivity contribution >= 4 is 70.4 Å². The van der Waals surface area contributed by atoms with E-state index in [4.69, 9.17) is 0 Å². The van der Waals surface area contributed by atoms with Crippen molar-refractivity contribution in [3.63, 3.8) is 0 Å². The van der Waals surface area contributed by atoms with Crippen LogP contribution in [0.3, 0.4) is 0 Å². The van der Waals surface area contributed by atoms with E-state index < -0.39 is 0 Å². The van der Waals surface area contributed by atoms with E-state index >= 15 is 0 Å². The van der Waals surface area contributed by atoms with Gasteiger partial charge in [-0.15, -0.1) is 11.3 Å². The average molecular weight is 821 g/mol. The molecule has 0 saturated heterocycles. The second kappa shape index (κ2) is 15.5. The Morgan fingerprint density at radius 1 is 0.317 bits per heavy atom. The molecule has 0 bridgehead atoms. The Bertz CT molecular complexity index is 3620. The number of aromatic nitrogens is 1. The Balaban J connectivity index is 1.08. The zero-order chi connectivity index (χ0) is 41.7. The predicted molar refractivity (Wildman–Crippen MR) is 270 cm³/mol. The summed E-state index contributed by atoms with van der Waals surface area (Å²) in [5.41, 5.74) is 16.3. The SMILES string of the molecule is c1ccc(-c2ccccc2-c2ccccc2-c2ccccc2N(c2ccc(-c3ccc4sc5ccccc5c4c3)cc2)c2cccc3c2c2ccccc2n3-c2ccccc2)cc1. The fraction of sp³-hybridized carbons (Fsp3) is 0. The van der Waals surface area contributed by atoms with E-state index in [1.807, 2.05) is 11.3 Å². The van der Waals surface area contributed by atoms with Gasteiger partial charge in [-0.3, -0.25) is 0 Å². The van der Waals surface area contributed by atoms with Crippen LogP contribution in [-0.4, -0.2) is 4.57 Å². The van der Waals surface area contributed by atoms with Crippen LogP contribution in [0.4, 0.5) is 17.1 Å². The Labute approximate surface area is 370 Å². The third kappa shape index (κ3) is 6.33. The van der Waals surface area contributed by atoms with Crippen molar-refractivity contribution in [2.45, 2.75) is 0 Å². The van der Waals surface area contributed by atoms with Gasteiger partial charge in [0.2, 0.25) is 0 Å². The van der Waals surface area contributed by atoms with E-state index in [0.717, 1.165) is 33.8 Å². The molecule has 2 aromatic heterocycles. The predicted octanol–water partition coefficient (Wildman–Crippen LogP) is 17.3. The number of thiophene rings is 1. The summed E-state index contributed by atoms with van der Waals surface area (Å²) in [7, 11) is 0. The normalized spacial score (nSPS) is 11.5. The standard InChI is InChI=1S/C60H40N2S/c1-3-18-42(19-4-1)46-22-7-8-23-47(46)48-24-9-10-25-49(48)50-26-11-14-29-54(50)62(45-37-34-41(35-38-45)43-36-39-59-53(40-43)51-27-13-16-33-58(51)63-59)57-32-17-31-56-60(57)52-28-12-15-30-55(52)61(56)44-20-5-2-6-21-44/h1-40H. The van der Waals surface area contributed by atoms with E-state index in [1.165, 1.54) is 75.4 Å². The van der Waals surface area contributed by atoms with Gasteiger partial charge in [0, 0.05) is 47.9 Å². The molecule has 0 spiro atoms. The van der Waals surface area contributed by atoms with Crippen molar-refractivity contribution < 1.29 is 0 Å². The molecule has 0 aliphatic heterocycles. The molecule has 10 aromatic carbocycles. The summed E-state index contributed by atoms with van der Waals surface area (Å²) in [5, 5.41) is 5.03. The number of hydrogen-bond acceptors (Lipinski definition) is 2. The van der Waals surface area contributed by atoms with Gasteiger partial charge in [0.25, 0.3) is 0 Å². The second-order valence-electron chi connectivity index (χ2n) is 16.0. The van der Waals surface area contributed by atoms with Crippen LogP contribution < -0.4 is 4.90 Å². The van der Waals surface area contributed by atoms with Gasteiger partial charge in [0.1, 0.15) is 0 Å². The molecule has 0 unspecified atom stereocenters. The Morgan fingerprint density at radius 3 is 1.63 bits per heavy atom. The summed E-state index contributed by atoms with van der Waals surface area (Å²) in [6.07, 6.45) is 0. The highest BCUT2D eigenvalue weighted by atomic mass is 32.1. The summed E-state index contributed by atoms with van der Waals surface area (Å²) in [6.45, 7) is 0.